The number of amides is 1. The molecule has 1 aromatic carbocycles. The minimum atomic E-state index is -1.09. The minimum Gasteiger partial charge on any atom is -0.492 e. The molecule has 2 aliphatic heterocycles. The van der Waals surface area contributed by atoms with Crippen LogP contribution in [0, 0.1) is 11.7 Å². The zero-order chi connectivity index (χ0) is 25.7. The normalized spacial score (nSPS) is 19.6. The Morgan fingerprint density at radius 3 is 2.47 bits per heavy atom. The number of nitrogens with zero attached hydrogens (tertiary/aromatic N) is 3. The van der Waals surface area contributed by atoms with Crippen LogP contribution in [0.4, 0.5) is 8.78 Å². The van der Waals surface area contributed by atoms with Gasteiger partial charge in [-0.05, 0) is 75.4 Å². The summed E-state index contributed by atoms with van der Waals surface area (Å²) in [7, 11) is 0. The average Bonchev–Trinajstić information content (AvgIpc) is 3.34. The zero-order valence-electron chi connectivity index (χ0n) is 21.3. The van der Waals surface area contributed by atoms with Crippen LogP contribution in [0.15, 0.2) is 36.5 Å². The highest BCUT2D eigenvalue weighted by molar-refractivity contribution is 5.95. The number of benzene rings is 1. The van der Waals surface area contributed by atoms with E-state index in [1.165, 1.54) is 17.0 Å². The molecule has 0 spiro atoms. The first-order valence-electron chi connectivity index (χ1n) is 13.1. The van der Waals surface area contributed by atoms with Gasteiger partial charge in [-0.15, -0.1) is 0 Å². The number of hydrogen-bond acceptors (Lipinski definition) is 5. The molecule has 4 rings (SSSR count). The summed E-state index contributed by atoms with van der Waals surface area (Å²) in [5, 5.41) is 9.64. The van der Waals surface area contributed by atoms with Gasteiger partial charge in [-0.2, -0.15) is 0 Å². The van der Waals surface area contributed by atoms with Gasteiger partial charge in [0.25, 0.3) is 5.91 Å². The predicted molar refractivity (Wildman–Crippen MR) is 135 cm³/mol. The summed E-state index contributed by atoms with van der Waals surface area (Å²) in [5.41, 5.74) is 0.0761. The van der Waals surface area contributed by atoms with Crippen LogP contribution in [0.1, 0.15) is 56.3 Å². The summed E-state index contributed by atoms with van der Waals surface area (Å²) in [6.07, 6.45) is 4.67. The number of aliphatic hydroxyl groups excluding tert-OH is 1. The van der Waals surface area contributed by atoms with Crippen LogP contribution in [0.25, 0.3) is 11.3 Å². The molecule has 36 heavy (non-hydrogen) atoms. The Labute approximate surface area is 212 Å². The highest BCUT2D eigenvalue weighted by Crippen LogP contribution is 2.27. The number of ether oxygens (including phenoxy) is 1. The van der Waals surface area contributed by atoms with Crippen LogP contribution in [0.3, 0.4) is 0 Å². The molecule has 0 saturated carbocycles. The molecule has 196 valence electrons. The van der Waals surface area contributed by atoms with Crippen molar-refractivity contribution in [2.24, 2.45) is 5.92 Å². The van der Waals surface area contributed by atoms with Crippen LogP contribution in [0.2, 0.25) is 0 Å². The molecule has 2 fully saturated rings. The quantitative estimate of drug-likeness (QED) is 0.539. The molecule has 1 aromatic heterocycles. The van der Waals surface area contributed by atoms with Gasteiger partial charge in [-0.3, -0.25) is 9.78 Å². The third-order valence-electron chi connectivity index (χ3n) is 7.65. The zero-order valence-corrected chi connectivity index (χ0v) is 21.3. The van der Waals surface area contributed by atoms with E-state index in [1.807, 2.05) is 19.9 Å². The standard InChI is InChI=1S/C28H37F2N3O3/c1-3-28(30,4-2)19-32-12-9-20(10-13-32)18-36-23-6-8-26(31-16-23)21-5-7-24(25(29)15-21)27(35)33-14-11-22(34)17-33/h5-8,15-16,20,22,34H,3-4,9-14,17-19H2,1-2H3/t22-/m0/s1. The topological polar surface area (TPSA) is 65.9 Å². The van der Waals surface area contributed by atoms with Crippen LogP contribution in [-0.2, 0) is 0 Å². The van der Waals surface area contributed by atoms with E-state index in [4.69, 9.17) is 4.74 Å². The number of rotatable bonds is 9. The lowest BCUT2D eigenvalue weighted by Gasteiger charge is -2.36. The highest BCUT2D eigenvalue weighted by atomic mass is 19.1. The molecule has 2 aromatic rings. The van der Waals surface area contributed by atoms with Crippen LogP contribution < -0.4 is 4.74 Å². The second-order valence-electron chi connectivity index (χ2n) is 10.2. The molecule has 6 nitrogen and oxygen atoms in total. The second kappa shape index (κ2) is 11.6. The van der Waals surface area contributed by atoms with Gasteiger partial charge < -0.3 is 19.6 Å². The summed E-state index contributed by atoms with van der Waals surface area (Å²) in [5.74, 6) is 0.0722. The van der Waals surface area contributed by atoms with Crippen molar-refractivity contribution in [2.75, 3.05) is 39.3 Å². The number of β-amino-alcohol motifs (C(OH)–C–C–N with tert-alkyl or cyclic N) is 1. The number of carbonyl (C=O) groups is 1. The van der Waals surface area contributed by atoms with Crippen molar-refractivity contribution < 1.29 is 23.4 Å². The number of alkyl halides is 1. The van der Waals surface area contributed by atoms with Gasteiger partial charge in [0.15, 0.2) is 0 Å². The number of aliphatic hydroxyl groups is 1. The van der Waals surface area contributed by atoms with Crippen molar-refractivity contribution in [3.8, 4) is 17.0 Å². The van der Waals surface area contributed by atoms with E-state index in [9.17, 15) is 18.7 Å². The number of pyridine rings is 1. The Kier molecular flexibility index (Phi) is 8.57. The lowest BCUT2D eigenvalue weighted by Crippen LogP contribution is -2.44. The maximum absolute atomic E-state index is 14.7. The maximum Gasteiger partial charge on any atom is 0.256 e. The van der Waals surface area contributed by atoms with E-state index >= 15 is 0 Å². The Bertz CT molecular complexity index is 1020. The Hall–Kier alpha value is -2.58. The fourth-order valence-electron chi connectivity index (χ4n) is 4.98. The van der Waals surface area contributed by atoms with Crippen LogP contribution in [0.5, 0.6) is 5.75 Å². The van der Waals surface area contributed by atoms with E-state index in [0.29, 0.717) is 61.9 Å². The Morgan fingerprint density at radius 2 is 1.89 bits per heavy atom. The molecule has 0 radical (unpaired) electrons. The second-order valence-corrected chi connectivity index (χ2v) is 10.2. The molecule has 1 N–H and O–H groups in total. The molecule has 2 aliphatic rings. The first-order valence-corrected chi connectivity index (χ1v) is 13.1. The van der Waals surface area contributed by atoms with E-state index in [2.05, 4.69) is 9.88 Å². The summed E-state index contributed by atoms with van der Waals surface area (Å²) in [4.78, 5) is 20.7. The molecule has 0 unspecified atom stereocenters. The number of likely N-dealkylation sites (tertiary alicyclic amines) is 2. The van der Waals surface area contributed by atoms with Crippen molar-refractivity contribution in [2.45, 2.75) is 57.7 Å². The molecule has 1 amide bonds. The van der Waals surface area contributed by atoms with Gasteiger partial charge in [-0.25, -0.2) is 8.78 Å². The first-order chi connectivity index (χ1) is 17.3. The Balaban J connectivity index is 1.27. The van der Waals surface area contributed by atoms with Crippen LogP contribution >= 0.6 is 0 Å². The molecule has 0 bridgehead atoms. The van der Waals surface area contributed by atoms with Gasteiger partial charge in [0.2, 0.25) is 0 Å². The lowest BCUT2D eigenvalue weighted by molar-refractivity contribution is 0.0568. The van der Waals surface area contributed by atoms with Gasteiger partial charge in [0.1, 0.15) is 17.2 Å². The van der Waals surface area contributed by atoms with Crippen molar-refractivity contribution in [1.82, 2.24) is 14.8 Å². The third kappa shape index (κ3) is 6.40. The molecular formula is C28H37F2N3O3. The first kappa shape index (κ1) is 26.5. The Morgan fingerprint density at radius 1 is 1.14 bits per heavy atom. The molecule has 8 heteroatoms. The maximum atomic E-state index is 14.7. The van der Waals surface area contributed by atoms with Crippen molar-refractivity contribution in [3.63, 3.8) is 0 Å². The molecule has 2 saturated heterocycles. The van der Waals surface area contributed by atoms with E-state index < -0.39 is 23.5 Å². The highest BCUT2D eigenvalue weighted by Gasteiger charge is 2.30. The SMILES string of the molecule is CCC(F)(CC)CN1CCC(COc2ccc(-c3ccc(C(=O)N4CC[C@H](O)C4)c(F)c3)nc2)CC1. The lowest BCUT2D eigenvalue weighted by atomic mass is 9.94. The third-order valence-corrected chi connectivity index (χ3v) is 7.65. The molecule has 0 aliphatic carbocycles. The van der Waals surface area contributed by atoms with Gasteiger partial charge in [-0.1, -0.05) is 19.9 Å². The largest absolute Gasteiger partial charge is 0.492 e. The molecule has 3 heterocycles. The summed E-state index contributed by atoms with van der Waals surface area (Å²) in [6.45, 7) is 7.37. The van der Waals surface area contributed by atoms with Crippen molar-refractivity contribution in [1.29, 1.82) is 0 Å². The molecule has 1 atom stereocenters. The van der Waals surface area contributed by atoms with Gasteiger partial charge in [0, 0.05) is 25.2 Å². The minimum absolute atomic E-state index is 0.000411. The number of piperidine rings is 1. The predicted octanol–water partition coefficient (Wildman–Crippen LogP) is 4.71. The fourth-order valence-corrected chi connectivity index (χ4v) is 4.98. The average molecular weight is 502 g/mol. The van der Waals surface area contributed by atoms with Crippen molar-refractivity contribution in [3.05, 3.63) is 47.9 Å². The number of halogens is 2. The van der Waals surface area contributed by atoms with Crippen molar-refractivity contribution >= 4 is 5.91 Å². The monoisotopic (exact) mass is 501 g/mol. The summed E-state index contributed by atoms with van der Waals surface area (Å²) in [6, 6.07) is 8.08. The van der Waals surface area contributed by atoms with E-state index in [0.717, 1.165) is 25.9 Å². The van der Waals surface area contributed by atoms with Gasteiger partial charge >= 0.3 is 0 Å². The number of aromatic nitrogens is 1. The number of hydrogen-bond donors (Lipinski definition) is 1. The van der Waals surface area contributed by atoms with E-state index in [1.54, 1.807) is 18.3 Å². The fraction of sp³-hybridized carbons (Fsp3) is 0.571. The van der Waals surface area contributed by atoms with Gasteiger partial charge in [0.05, 0.1) is 30.2 Å². The molecular weight excluding hydrogens is 464 g/mol. The smallest absolute Gasteiger partial charge is 0.256 e. The number of carbonyl (C=O) groups excluding carboxylic acids is 1. The summed E-state index contributed by atoms with van der Waals surface area (Å²) < 4.78 is 35.4. The summed E-state index contributed by atoms with van der Waals surface area (Å²) >= 11 is 0. The van der Waals surface area contributed by atoms with Crippen LogP contribution in [-0.4, -0.2) is 76.9 Å². The van der Waals surface area contributed by atoms with E-state index in [-0.39, 0.29) is 12.1 Å².